The molecular weight excluding hydrogens is 530 g/mol. The van der Waals surface area contributed by atoms with Crippen LogP contribution in [0.2, 0.25) is 0 Å². The molecule has 0 radical (unpaired) electrons. The maximum atomic E-state index is 13.1. The molecule has 0 unspecified atom stereocenters. The molecule has 0 saturated carbocycles. The van der Waals surface area contributed by atoms with E-state index in [2.05, 4.69) is 4.99 Å². The van der Waals surface area contributed by atoms with Crippen LogP contribution in [0, 0.1) is 0 Å². The molecule has 0 bridgehead atoms. The average molecular weight is 564 g/mol. The van der Waals surface area contributed by atoms with Gasteiger partial charge in [0.2, 0.25) is 10.0 Å². The maximum absolute atomic E-state index is 13.1. The highest BCUT2D eigenvalue weighted by Crippen LogP contribution is 2.33. The number of ether oxygens (including phenoxy) is 3. The number of thiazole rings is 1. The van der Waals surface area contributed by atoms with Gasteiger partial charge in [0.25, 0.3) is 5.91 Å². The van der Waals surface area contributed by atoms with Crippen molar-refractivity contribution in [3.8, 4) is 11.5 Å². The van der Waals surface area contributed by atoms with Gasteiger partial charge in [0.1, 0.15) is 6.54 Å². The van der Waals surface area contributed by atoms with Gasteiger partial charge in [-0.05, 0) is 44.0 Å². The molecule has 1 heterocycles. The Labute approximate surface area is 226 Å². The van der Waals surface area contributed by atoms with Crippen LogP contribution < -0.4 is 14.3 Å². The lowest BCUT2D eigenvalue weighted by atomic mass is 10.2. The number of carbonyl (C=O) groups excluding carboxylic acids is 2. The van der Waals surface area contributed by atoms with Crippen LogP contribution in [0.5, 0.6) is 11.5 Å². The van der Waals surface area contributed by atoms with Crippen molar-refractivity contribution in [1.29, 1.82) is 0 Å². The number of sulfonamides is 1. The number of rotatable bonds is 12. The van der Waals surface area contributed by atoms with Gasteiger partial charge in [-0.3, -0.25) is 9.59 Å². The summed E-state index contributed by atoms with van der Waals surface area (Å²) in [5.74, 6) is -0.0881. The second kappa shape index (κ2) is 13.0. The van der Waals surface area contributed by atoms with E-state index >= 15 is 0 Å². The number of nitrogens with zero attached hydrogens (tertiary/aromatic N) is 3. The van der Waals surface area contributed by atoms with Crippen molar-refractivity contribution >= 4 is 43.5 Å². The largest absolute Gasteiger partial charge is 0.493 e. The Kier molecular flexibility index (Phi) is 10.1. The molecule has 2 aromatic carbocycles. The fourth-order valence-corrected chi connectivity index (χ4v) is 6.55. The third-order valence-electron chi connectivity index (χ3n) is 5.66. The molecule has 0 aliphatic carbocycles. The van der Waals surface area contributed by atoms with Crippen molar-refractivity contribution in [3.63, 3.8) is 0 Å². The quantitative estimate of drug-likeness (QED) is 0.308. The van der Waals surface area contributed by atoms with Crippen molar-refractivity contribution in [3.05, 3.63) is 46.8 Å². The third kappa shape index (κ3) is 6.43. The molecule has 38 heavy (non-hydrogen) atoms. The smallest absolute Gasteiger partial charge is 0.326 e. The molecule has 206 valence electrons. The summed E-state index contributed by atoms with van der Waals surface area (Å²) in [6, 6.07) is 9.20. The number of hydrogen-bond acceptors (Lipinski definition) is 8. The topological polar surface area (TPSA) is 117 Å². The summed E-state index contributed by atoms with van der Waals surface area (Å²) >= 11 is 1.21. The van der Waals surface area contributed by atoms with E-state index in [9.17, 15) is 18.0 Å². The Morgan fingerprint density at radius 2 is 1.58 bits per heavy atom. The fraction of sp³-hybridized carbons (Fsp3) is 0.423. The SMILES string of the molecule is CCCN(CCC)S(=O)(=O)c1ccc(C(=O)N=c2sc3cc(OC)c(OC)cc3n2CC(=O)OCC)cc1. The van der Waals surface area contributed by atoms with Crippen molar-refractivity contribution in [2.75, 3.05) is 33.9 Å². The van der Waals surface area contributed by atoms with Gasteiger partial charge in [-0.25, -0.2) is 8.42 Å². The minimum absolute atomic E-state index is 0.120. The van der Waals surface area contributed by atoms with Crippen molar-refractivity contribution in [2.45, 2.75) is 45.1 Å². The molecule has 3 rings (SSSR count). The minimum atomic E-state index is -3.67. The van der Waals surface area contributed by atoms with E-state index < -0.39 is 21.9 Å². The second-order valence-corrected chi connectivity index (χ2v) is 11.2. The lowest BCUT2D eigenvalue weighted by molar-refractivity contribution is -0.143. The zero-order valence-corrected chi connectivity index (χ0v) is 23.9. The molecule has 0 saturated heterocycles. The number of fused-ring (bicyclic) bond motifs is 1. The van der Waals surface area contributed by atoms with Crippen LogP contribution in [-0.2, 0) is 26.1 Å². The predicted octanol–water partition coefficient (Wildman–Crippen LogP) is 3.83. The molecule has 10 nitrogen and oxygen atoms in total. The number of benzene rings is 2. The molecule has 0 spiro atoms. The van der Waals surface area contributed by atoms with Gasteiger partial charge < -0.3 is 18.8 Å². The maximum Gasteiger partial charge on any atom is 0.326 e. The highest BCUT2D eigenvalue weighted by molar-refractivity contribution is 7.89. The van der Waals surface area contributed by atoms with Crippen LogP contribution in [0.15, 0.2) is 46.3 Å². The van der Waals surface area contributed by atoms with Gasteiger partial charge in [0.05, 0.1) is 35.9 Å². The monoisotopic (exact) mass is 563 g/mol. The molecule has 1 aromatic heterocycles. The minimum Gasteiger partial charge on any atom is -0.493 e. The number of aromatic nitrogens is 1. The zero-order valence-electron chi connectivity index (χ0n) is 22.2. The number of carbonyl (C=O) groups is 2. The van der Waals surface area contributed by atoms with Crippen molar-refractivity contribution < 1.29 is 32.2 Å². The Morgan fingerprint density at radius 1 is 0.974 bits per heavy atom. The van der Waals surface area contributed by atoms with E-state index in [0.717, 1.165) is 4.70 Å². The molecule has 0 aliphatic rings. The van der Waals surface area contributed by atoms with Crippen molar-refractivity contribution in [1.82, 2.24) is 8.87 Å². The van der Waals surface area contributed by atoms with Crippen LogP contribution in [0.1, 0.15) is 44.0 Å². The van der Waals surface area contributed by atoms with E-state index in [1.54, 1.807) is 23.6 Å². The van der Waals surface area contributed by atoms with E-state index in [1.165, 1.54) is 54.1 Å². The Morgan fingerprint density at radius 3 is 2.13 bits per heavy atom. The van der Waals surface area contributed by atoms with Crippen LogP contribution in [-0.4, -0.2) is 63.1 Å². The molecule has 1 amide bonds. The molecule has 0 aliphatic heterocycles. The lowest BCUT2D eigenvalue weighted by Gasteiger charge is -2.21. The van der Waals surface area contributed by atoms with Gasteiger partial charge in [-0.1, -0.05) is 25.2 Å². The molecule has 12 heteroatoms. The van der Waals surface area contributed by atoms with Crippen LogP contribution >= 0.6 is 11.3 Å². The third-order valence-corrected chi connectivity index (χ3v) is 8.62. The van der Waals surface area contributed by atoms with Gasteiger partial charge >= 0.3 is 5.97 Å². The first-order chi connectivity index (χ1) is 18.2. The highest BCUT2D eigenvalue weighted by atomic mass is 32.2. The van der Waals surface area contributed by atoms with E-state index in [0.29, 0.717) is 42.9 Å². The average Bonchev–Trinajstić information content (AvgIpc) is 3.23. The Hall–Kier alpha value is -3.22. The fourth-order valence-electron chi connectivity index (χ4n) is 3.89. The summed E-state index contributed by atoms with van der Waals surface area (Å²) < 4.78 is 45.7. The molecule has 0 fully saturated rings. The number of methoxy groups -OCH3 is 2. The lowest BCUT2D eigenvalue weighted by Crippen LogP contribution is -2.32. The first kappa shape index (κ1) is 29.3. The van der Waals surface area contributed by atoms with E-state index in [4.69, 9.17) is 14.2 Å². The predicted molar refractivity (Wildman–Crippen MR) is 145 cm³/mol. The van der Waals surface area contributed by atoms with E-state index in [1.807, 2.05) is 13.8 Å². The summed E-state index contributed by atoms with van der Waals surface area (Å²) in [4.78, 5) is 30.1. The molecule has 3 aromatic rings. The standard InChI is InChI=1S/C26H33N3O7S2/c1-6-13-28(14-7-2)38(32,33)19-11-9-18(10-12-19)25(31)27-26-29(17-24(30)36-8-3)20-15-21(34-4)22(35-5)16-23(20)37-26/h9-12,15-16H,6-8,13-14,17H2,1-5H3. The van der Waals surface area contributed by atoms with Gasteiger partial charge in [0, 0.05) is 30.8 Å². The van der Waals surface area contributed by atoms with Gasteiger partial charge in [0.15, 0.2) is 16.3 Å². The summed E-state index contributed by atoms with van der Waals surface area (Å²) in [6.45, 7) is 6.48. The molecular formula is C26H33N3O7S2. The molecule has 0 N–H and O–H groups in total. The van der Waals surface area contributed by atoms with Gasteiger partial charge in [-0.15, -0.1) is 0 Å². The second-order valence-electron chi connectivity index (χ2n) is 8.30. The zero-order chi connectivity index (χ0) is 27.9. The van der Waals surface area contributed by atoms with Crippen molar-refractivity contribution in [2.24, 2.45) is 4.99 Å². The first-order valence-electron chi connectivity index (χ1n) is 12.3. The van der Waals surface area contributed by atoms with Crippen LogP contribution in [0.3, 0.4) is 0 Å². The summed E-state index contributed by atoms with van der Waals surface area (Å²) in [6.07, 6.45) is 1.40. The number of esters is 1. The summed E-state index contributed by atoms with van der Waals surface area (Å²) in [5, 5.41) is 0. The van der Waals surface area contributed by atoms with Crippen LogP contribution in [0.25, 0.3) is 10.2 Å². The number of hydrogen-bond donors (Lipinski definition) is 0. The first-order valence-corrected chi connectivity index (χ1v) is 14.6. The normalized spacial score (nSPS) is 12.2. The highest BCUT2D eigenvalue weighted by Gasteiger charge is 2.23. The van der Waals surface area contributed by atoms with Crippen LogP contribution in [0.4, 0.5) is 0 Å². The van der Waals surface area contributed by atoms with Gasteiger partial charge in [-0.2, -0.15) is 9.30 Å². The number of amides is 1. The Balaban J connectivity index is 2.03. The Bertz CT molecular complexity index is 1450. The molecule has 0 atom stereocenters. The summed E-state index contributed by atoms with van der Waals surface area (Å²) in [7, 11) is -0.640. The summed E-state index contributed by atoms with van der Waals surface area (Å²) in [5.41, 5.74) is 0.845. The van der Waals surface area contributed by atoms with E-state index in [-0.39, 0.29) is 28.4 Å².